The Kier molecular flexibility index (Phi) is 2.68. The van der Waals surface area contributed by atoms with Crippen molar-refractivity contribution in [1.29, 1.82) is 0 Å². The molecule has 5 heteroatoms. The molecule has 0 amide bonds. The SMILES string of the molecule is FC(F)(F)c1ccn(Cc2cc[c]cc2)n1. The minimum atomic E-state index is -4.38. The summed E-state index contributed by atoms with van der Waals surface area (Å²) in [4.78, 5) is 0. The van der Waals surface area contributed by atoms with E-state index in [-0.39, 0.29) is 0 Å². The van der Waals surface area contributed by atoms with Crippen LogP contribution in [0.15, 0.2) is 36.5 Å². The highest BCUT2D eigenvalue weighted by atomic mass is 19.4. The van der Waals surface area contributed by atoms with Gasteiger partial charge in [-0.25, -0.2) is 0 Å². The van der Waals surface area contributed by atoms with Gasteiger partial charge in [-0.2, -0.15) is 18.3 Å². The van der Waals surface area contributed by atoms with Gasteiger partial charge in [0, 0.05) is 6.20 Å². The van der Waals surface area contributed by atoms with Crippen molar-refractivity contribution in [3.8, 4) is 0 Å². The zero-order valence-electron chi connectivity index (χ0n) is 8.20. The Morgan fingerprint density at radius 1 is 1.19 bits per heavy atom. The van der Waals surface area contributed by atoms with Crippen molar-refractivity contribution in [2.45, 2.75) is 12.7 Å². The molecule has 83 valence electrons. The average molecular weight is 225 g/mol. The van der Waals surface area contributed by atoms with E-state index in [1.54, 1.807) is 24.3 Å². The van der Waals surface area contributed by atoms with Crippen LogP contribution in [0.3, 0.4) is 0 Å². The number of alkyl halides is 3. The van der Waals surface area contributed by atoms with E-state index in [9.17, 15) is 13.2 Å². The van der Waals surface area contributed by atoms with Crippen LogP contribution in [-0.2, 0) is 12.7 Å². The lowest BCUT2D eigenvalue weighted by Crippen LogP contribution is -2.08. The molecule has 0 aliphatic carbocycles. The van der Waals surface area contributed by atoms with E-state index in [0.29, 0.717) is 6.54 Å². The van der Waals surface area contributed by atoms with E-state index in [0.717, 1.165) is 11.6 Å². The summed E-state index contributed by atoms with van der Waals surface area (Å²) in [5.41, 5.74) is 0.0190. The van der Waals surface area contributed by atoms with E-state index in [1.807, 2.05) is 0 Å². The zero-order valence-corrected chi connectivity index (χ0v) is 8.20. The van der Waals surface area contributed by atoms with Gasteiger partial charge in [-0.15, -0.1) is 0 Å². The molecule has 0 fully saturated rings. The Morgan fingerprint density at radius 2 is 1.88 bits per heavy atom. The average Bonchev–Trinajstić information content (AvgIpc) is 2.67. The lowest BCUT2D eigenvalue weighted by atomic mass is 10.2. The van der Waals surface area contributed by atoms with Crippen LogP contribution in [0.2, 0.25) is 0 Å². The molecule has 0 saturated heterocycles. The number of rotatable bonds is 2. The second kappa shape index (κ2) is 4.00. The molecule has 2 aromatic rings. The third kappa shape index (κ3) is 2.42. The molecule has 2 rings (SSSR count). The van der Waals surface area contributed by atoms with Crippen LogP contribution in [-0.4, -0.2) is 9.78 Å². The van der Waals surface area contributed by atoms with E-state index in [1.165, 1.54) is 10.9 Å². The van der Waals surface area contributed by atoms with Crippen molar-refractivity contribution in [1.82, 2.24) is 9.78 Å². The van der Waals surface area contributed by atoms with Crippen molar-refractivity contribution < 1.29 is 13.2 Å². The smallest absolute Gasteiger partial charge is 0.268 e. The van der Waals surface area contributed by atoms with E-state index >= 15 is 0 Å². The van der Waals surface area contributed by atoms with Gasteiger partial charge in [0.15, 0.2) is 5.69 Å². The van der Waals surface area contributed by atoms with E-state index < -0.39 is 11.9 Å². The molecule has 0 aliphatic rings. The van der Waals surface area contributed by atoms with Crippen LogP contribution < -0.4 is 0 Å². The van der Waals surface area contributed by atoms with Gasteiger partial charge in [-0.05, 0) is 17.7 Å². The van der Waals surface area contributed by atoms with Gasteiger partial charge in [0.1, 0.15) is 0 Å². The molecule has 0 bridgehead atoms. The number of benzene rings is 1. The van der Waals surface area contributed by atoms with Crippen molar-refractivity contribution in [3.05, 3.63) is 53.9 Å². The highest BCUT2D eigenvalue weighted by Crippen LogP contribution is 2.27. The van der Waals surface area contributed by atoms with Crippen LogP contribution in [0.4, 0.5) is 13.2 Å². The van der Waals surface area contributed by atoms with Gasteiger partial charge < -0.3 is 0 Å². The summed E-state index contributed by atoms with van der Waals surface area (Å²) in [5, 5.41) is 3.46. The quantitative estimate of drug-likeness (QED) is 0.768. The normalized spacial score (nSPS) is 11.7. The van der Waals surface area contributed by atoms with E-state index in [2.05, 4.69) is 11.2 Å². The molecule has 1 aromatic carbocycles. The summed E-state index contributed by atoms with van der Waals surface area (Å²) in [6, 6.07) is 10.8. The fourth-order valence-corrected chi connectivity index (χ4v) is 1.31. The third-order valence-electron chi connectivity index (χ3n) is 2.06. The Bertz CT molecular complexity index is 460. The molecule has 0 unspecified atom stereocenters. The summed E-state index contributed by atoms with van der Waals surface area (Å²) in [6.45, 7) is 0.324. The summed E-state index contributed by atoms with van der Waals surface area (Å²) in [7, 11) is 0. The zero-order chi connectivity index (χ0) is 11.6. The molecule has 2 nitrogen and oxygen atoms in total. The standard InChI is InChI=1S/C11H8F3N2/c12-11(13,14)10-6-7-16(15-10)8-9-4-2-1-3-5-9/h2-7H,8H2. The molecule has 0 N–H and O–H groups in total. The van der Waals surface area contributed by atoms with Crippen molar-refractivity contribution in [2.75, 3.05) is 0 Å². The molecular weight excluding hydrogens is 217 g/mol. The number of hydrogen-bond donors (Lipinski definition) is 0. The molecule has 0 aliphatic heterocycles. The summed E-state index contributed by atoms with van der Waals surface area (Å²) < 4.78 is 38.0. The highest BCUT2D eigenvalue weighted by Gasteiger charge is 2.33. The number of aromatic nitrogens is 2. The van der Waals surface area contributed by atoms with E-state index in [4.69, 9.17) is 0 Å². The fraction of sp³-hybridized carbons (Fsp3) is 0.182. The predicted molar refractivity (Wildman–Crippen MR) is 51.6 cm³/mol. The van der Waals surface area contributed by atoms with Crippen molar-refractivity contribution in [2.24, 2.45) is 0 Å². The maximum atomic E-state index is 12.3. The maximum absolute atomic E-state index is 12.3. The first kappa shape index (κ1) is 10.7. The Balaban J connectivity index is 2.15. The Labute approximate surface area is 90.3 Å². The first-order valence-corrected chi connectivity index (χ1v) is 4.61. The minimum absolute atomic E-state index is 0.324. The van der Waals surface area contributed by atoms with Gasteiger partial charge in [-0.3, -0.25) is 4.68 Å². The number of nitrogens with zero attached hydrogens (tertiary/aromatic N) is 2. The Morgan fingerprint density at radius 3 is 2.44 bits per heavy atom. The molecule has 1 aromatic heterocycles. The largest absolute Gasteiger partial charge is 0.435 e. The summed E-state index contributed by atoms with van der Waals surface area (Å²) in [6.07, 6.45) is -3.06. The third-order valence-corrected chi connectivity index (χ3v) is 2.06. The van der Waals surface area contributed by atoms with Gasteiger partial charge in [0.2, 0.25) is 0 Å². The monoisotopic (exact) mass is 225 g/mol. The molecule has 1 radical (unpaired) electrons. The highest BCUT2D eigenvalue weighted by molar-refractivity contribution is 5.14. The first-order chi connectivity index (χ1) is 7.55. The predicted octanol–water partition coefficient (Wildman–Crippen LogP) is 2.75. The van der Waals surface area contributed by atoms with Gasteiger partial charge in [-0.1, -0.05) is 24.3 Å². The first-order valence-electron chi connectivity index (χ1n) is 4.61. The Hall–Kier alpha value is -1.78. The van der Waals surface area contributed by atoms with Crippen LogP contribution in [0.5, 0.6) is 0 Å². The van der Waals surface area contributed by atoms with Crippen LogP contribution >= 0.6 is 0 Å². The van der Waals surface area contributed by atoms with Crippen molar-refractivity contribution >= 4 is 0 Å². The number of hydrogen-bond acceptors (Lipinski definition) is 1. The topological polar surface area (TPSA) is 17.8 Å². The van der Waals surface area contributed by atoms with Crippen molar-refractivity contribution in [3.63, 3.8) is 0 Å². The molecule has 0 spiro atoms. The second-order valence-electron chi connectivity index (χ2n) is 3.30. The fourth-order valence-electron chi connectivity index (χ4n) is 1.31. The molecule has 0 atom stereocenters. The lowest BCUT2D eigenvalue weighted by Gasteiger charge is -2.02. The maximum Gasteiger partial charge on any atom is 0.435 e. The summed E-state index contributed by atoms with van der Waals surface area (Å²) >= 11 is 0. The van der Waals surface area contributed by atoms with Gasteiger partial charge >= 0.3 is 6.18 Å². The molecule has 1 heterocycles. The summed E-state index contributed by atoms with van der Waals surface area (Å²) in [5.74, 6) is 0. The van der Waals surface area contributed by atoms with Crippen LogP contribution in [0.1, 0.15) is 11.3 Å². The minimum Gasteiger partial charge on any atom is -0.268 e. The lowest BCUT2D eigenvalue weighted by molar-refractivity contribution is -0.141. The molecular formula is C11H8F3N2. The van der Waals surface area contributed by atoms with Gasteiger partial charge in [0.25, 0.3) is 0 Å². The van der Waals surface area contributed by atoms with Crippen LogP contribution in [0, 0.1) is 6.07 Å². The molecule has 16 heavy (non-hydrogen) atoms. The van der Waals surface area contributed by atoms with Gasteiger partial charge in [0.05, 0.1) is 6.54 Å². The second-order valence-corrected chi connectivity index (χ2v) is 3.30. The number of halogens is 3. The molecule has 0 saturated carbocycles. The van der Waals surface area contributed by atoms with Crippen LogP contribution in [0.25, 0.3) is 0 Å².